The van der Waals surface area contributed by atoms with E-state index in [0.29, 0.717) is 5.56 Å². The van der Waals surface area contributed by atoms with Gasteiger partial charge >= 0.3 is 18.2 Å². The molecule has 108 valence electrons. The van der Waals surface area contributed by atoms with Gasteiger partial charge in [-0.3, -0.25) is 4.90 Å². The first-order valence-electron chi connectivity index (χ1n) is 5.62. The van der Waals surface area contributed by atoms with Crippen molar-refractivity contribution < 1.29 is 32.6 Å². The van der Waals surface area contributed by atoms with E-state index < -0.39 is 29.9 Å². The molecular formula is C12H10F3NO4. The molecule has 0 aromatic heterocycles. The maximum Gasteiger partial charge on any atom is 0.416 e. The highest BCUT2D eigenvalue weighted by Crippen LogP contribution is 2.29. The summed E-state index contributed by atoms with van der Waals surface area (Å²) in [5.41, 5.74) is -0.324. The number of carbonyl (C=O) groups excluding carboxylic acids is 1. The smallest absolute Gasteiger partial charge is 0.416 e. The van der Waals surface area contributed by atoms with E-state index in [9.17, 15) is 22.8 Å². The van der Waals surface area contributed by atoms with Crippen LogP contribution in [0.4, 0.5) is 18.0 Å². The minimum absolute atomic E-state index is 0.000745. The normalized spacial score (nSPS) is 19.1. The summed E-state index contributed by atoms with van der Waals surface area (Å²) in [4.78, 5) is 23.2. The lowest BCUT2D eigenvalue weighted by molar-refractivity contribution is -0.144. The summed E-state index contributed by atoms with van der Waals surface area (Å²) in [6, 6.07) is 4.30. The molecule has 0 aliphatic carbocycles. The van der Waals surface area contributed by atoms with Gasteiger partial charge < -0.3 is 9.84 Å². The number of rotatable bonds is 3. The molecule has 8 heteroatoms. The van der Waals surface area contributed by atoms with Crippen molar-refractivity contribution in [2.75, 3.05) is 6.54 Å². The SMILES string of the molecule is O=C(O)[C@H]1CN(Cc2ccc(C(F)(F)F)cc2)C(=O)O1. The number of aliphatic carboxylic acids is 1. The molecule has 0 radical (unpaired) electrons. The highest BCUT2D eigenvalue weighted by atomic mass is 19.4. The fourth-order valence-electron chi connectivity index (χ4n) is 1.79. The number of carboxylic acids is 1. The van der Waals surface area contributed by atoms with Crippen molar-refractivity contribution in [3.63, 3.8) is 0 Å². The van der Waals surface area contributed by atoms with Gasteiger partial charge in [-0.25, -0.2) is 9.59 Å². The number of hydrogen-bond donors (Lipinski definition) is 1. The fraction of sp³-hybridized carbons (Fsp3) is 0.333. The number of halogens is 3. The van der Waals surface area contributed by atoms with E-state index in [0.717, 1.165) is 17.0 Å². The van der Waals surface area contributed by atoms with Crippen LogP contribution in [0.3, 0.4) is 0 Å². The standard InChI is InChI=1S/C12H10F3NO4/c13-12(14,15)8-3-1-7(2-4-8)5-16-6-9(10(17)18)20-11(16)19/h1-4,9H,5-6H2,(H,17,18)/t9-/m1/s1. The van der Waals surface area contributed by atoms with Crippen LogP contribution in [0.25, 0.3) is 0 Å². The molecule has 1 N–H and O–H groups in total. The summed E-state index contributed by atoms with van der Waals surface area (Å²) in [7, 11) is 0. The number of carbonyl (C=O) groups is 2. The number of cyclic esters (lactones) is 1. The first-order valence-corrected chi connectivity index (χ1v) is 5.62. The average Bonchev–Trinajstić information content (AvgIpc) is 2.71. The maximum absolute atomic E-state index is 12.4. The van der Waals surface area contributed by atoms with Crippen molar-refractivity contribution >= 4 is 12.1 Å². The predicted octanol–water partition coefficient (Wildman–Crippen LogP) is 2.11. The van der Waals surface area contributed by atoms with Gasteiger partial charge in [-0.05, 0) is 17.7 Å². The second-order valence-corrected chi connectivity index (χ2v) is 4.29. The molecule has 20 heavy (non-hydrogen) atoms. The lowest BCUT2D eigenvalue weighted by atomic mass is 10.1. The zero-order valence-electron chi connectivity index (χ0n) is 10.1. The monoisotopic (exact) mass is 289 g/mol. The molecule has 0 unspecified atom stereocenters. The summed E-state index contributed by atoms with van der Waals surface area (Å²) in [5, 5.41) is 8.71. The molecule has 1 aromatic rings. The Kier molecular flexibility index (Phi) is 3.56. The van der Waals surface area contributed by atoms with Crippen molar-refractivity contribution in [2.45, 2.75) is 18.8 Å². The largest absolute Gasteiger partial charge is 0.478 e. The van der Waals surface area contributed by atoms with Crippen LogP contribution in [0, 0.1) is 0 Å². The predicted molar refractivity (Wildman–Crippen MR) is 59.8 cm³/mol. The van der Waals surface area contributed by atoms with E-state index in [2.05, 4.69) is 4.74 Å². The molecule has 1 fully saturated rings. The van der Waals surface area contributed by atoms with Crippen LogP contribution in [-0.2, 0) is 22.3 Å². The van der Waals surface area contributed by atoms with E-state index in [-0.39, 0.29) is 13.1 Å². The third-order valence-electron chi connectivity index (χ3n) is 2.82. The van der Waals surface area contributed by atoms with Gasteiger partial charge in [-0.1, -0.05) is 12.1 Å². The summed E-state index contributed by atoms with van der Waals surface area (Å²) in [5.74, 6) is -1.26. The van der Waals surface area contributed by atoms with Crippen LogP contribution >= 0.6 is 0 Å². The molecule has 1 saturated heterocycles. The number of benzene rings is 1. The Bertz CT molecular complexity index is 526. The van der Waals surface area contributed by atoms with Gasteiger partial charge in [-0.2, -0.15) is 13.2 Å². The Balaban J connectivity index is 2.04. The Hall–Kier alpha value is -2.25. The zero-order valence-corrected chi connectivity index (χ0v) is 10.1. The summed E-state index contributed by atoms with van der Waals surface area (Å²) in [6.45, 7) is -0.129. The number of carboxylic acid groups (broad SMARTS) is 1. The third kappa shape index (κ3) is 3.01. The van der Waals surface area contributed by atoms with Gasteiger partial charge in [0.1, 0.15) is 0 Å². The maximum atomic E-state index is 12.4. The molecule has 1 aliphatic rings. The zero-order chi connectivity index (χ0) is 14.9. The highest BCUT2D eigenvalue weighted by molar-refractivity contribution is 5.81. The summed E-state index contributed by atoms with van der Waals surface area (Å²) in [6.07, 6.45) is -6.45. The second kappa shape index (κ2) is 5.03. The van der Waals surface area contributed by atoms with E-state index in [1.54, 1.807) is 0 Å². The van der Waals surface area contributed by atoms with Crippen LogP contribution in [0.15, 0.2) is 24.3 Å². The lowest BCUT2D eigenvalue weighted by Gasteiger charge is -2.13. The van der Waals surface area contributed by atoms with Gasteiger partial charge in [0, 0.05) is 6.54 Å². The molecule has 1 heterocycles. The minimum atomic E-state index is -4.42. The topological polar surface area (TPSA) is 66.8 Å². The molecule has 1 amide bonds. The minimum Gasteiger partial charge on any atom is -0.478 e. The van der Waals surface area contributed by atoms with Crippen molar-refractivity contribution in [1.82, 2.24) is 4.90 Å². The van der Waals surface area contributed by atoms with E-state index in [1.165, 1.54) is 12.1 Å². The number of nitrogens with zero attached hydrogens (tertiary/aromatic N) is 1. The molecular weight excluding hydrogens is 279 g/mol. The van der Waals surface area contributed by atoms with Crippen LogP contribution < -0.4 is 0 Å². The quantitative estimate of drug-likeness (QED) is 0.925. The van der Waals surface area contributed by atoms with Crippen molar-refractivity contribution in [3.8, 4) is 0 Å². The average molecular weight is 289 g/mol. The first-order chi connectivity index (χ1) is 9.27. The van der Waals surface area contributed by atoms with Gasteiger partial charge in [-0.15, -0.1) is 0 Å². The number of ether oxygens (including phenoxy) is 1. The highest BCUT2D eigenvalue weighted by Gasteiger charge is 2.36. The lowest BCUT2D eigenvalue weighted by Crippen LogP contribution is -2.27. The molecule has 5 nitrogen and oxygen atoms in total. The van der Waals surface area contributed by atoms with Crippen molar-refractivity contribution in [2.24, 2.45) is 0 Å². The van der Waals surface area contributed by atoms with Gasteiger partial charge in [0.05, 0.1) is 12.1 Å². The fourth-order valence-corrected chi connectivity index (χ4v) is 1.79. The third-order valence-corrected chi connectivity index (χ3v) is 2.82. The molecule has 2 rings (SSSR count). The second-order valence-electron chi connectivity index (χ2n) is 4.29. The Labute approximate surface area is 111 Å². The number of amides is 1. The van der Waals surface area contributed by atoms with Gasteiger partial charge in [0.15, 0.2) is 0 Å². The summed E-state index contributed by atoms with van der Waals surface area (Å²) >= 11 is 0. The number of alkyl halides is 3. The van der Waals surface area contributed by atoms with Crippen molar-refractivity contribution in [1.29, 1.82) is 0 Å². The number of hydrogen-bond acceptors (Lipinski definition) is 3. The first kappa shape index (κ1) is 14.2. The van der Waals surface area contributed by atoms with Gasteiger partial charge in [0.25, 0.3) is 0 Å². The van der Waals surface area contributed by atoms with Crippen molar-refractivity contribution in [3.05, 3.63) is 35.4 Å². The Morgan fingerprint density at radius 3 is 2.40 bits per heavy atom. The Morgan fingerprint density at radius 2 is 1.95 bits per heavy atom. The molecule has 1 atom stereocenters. The summed E-state index contributed by atoms with van der Waals surface area (Å²) < 4.78 is 41.7. The Morgan fingerprint density at radius 1 is 1.35 bits per heavy atom. The van der Waals surface area contributed by atoms with Crippen LogP contribution in [0.1, 0.15) is 11.1 Å². The van der Waals surface area contributed by atoms with E-state index in [1.807, 2.05) is 0 Å². The molecule has 0 saturated carbocycles. The molecule has 0 spiro atoms. The van der Waals surface area contributed by atoms with Crippen LogP contribution in [-0.4, -0.2) is 34.7 Å². The molecule has 1 aliphatic heterocycles. The van der Waals surface area contributed by atoms with E-state index >= 15 is 0 Å². The van der Waals surface area contributed by atoms with Crippen LogP contribution in [0.5, 0.6) is 0 Å². The van der Waals surface area contributed by atoms with Crippen LogP contribution in [0.2, 0.25) is 0 Å². The molecule has 1 aromatic carbocycles. The molecule has 0 bridgehead atoms. The van der Waals surface area contributed by atoms with E-state index in [4.69, 9.17) is 5.11 Å². The van der Waals surface area contributed by atoms with Gasteiger partial charge in [0.2, 0.25) is 6.10 Å².